The summed E-state index contributed by atoms with van der Waals surface area (Å²) in [5, 5.41) is 23.0. The minimum absolute atomic E-state index is 0.0598. The van der Waals surface area contributed by atoms with E-state index in [1.54, 1.807) is 41.5 Å². The number of likely N-dealkylation sites (tertiary alicyclic amines) is 1. The van der Waals surface area contributed by atoms with E-state index in [0.29, 0.717) is 0 Å². The smallest absolute Gasteiger partial charge is 0.410 e. The van der Waals surface area contributed by atoms with E-state index in [1.165, 1.54) is 4.90 Å². The van der Waals surface area contributed by atoms with Gasteiger partial charge in [-0.05, 0) is 41.5 Å². The number of nitrogens with one attached hydrogen (secondary N) is 1. The molecule has 2 amide bonds. The van der Waals surface area contributed by atoms with Crippen LogP contribution in [0.25, 0.3) is 0 Å². The fraction of sp³-hybridized carbons (Fsp3) is 0.875. The maximum Gasteiger partial charge on any atom is 0.410 e. The number of ether oxygens (including phenoxy) is 2. The van der Waals surface area contributed by atoms with E-state index < -0.39 is 41.6 Å². The first kappa shape index (κ1) is 22.2. The molecule has 8 nitrogen and oxygen atoms in total. The van der Waals surface area contributed by atoms with Crippen LogP contribution < -0.4 is 5.32 Å². The second kappa shape index (κ2) is 8.26. The van der Waals surface area contributed by atoms with Gasteiger partial charge >= 0.3 is 12.2 Å². The van der Waals surface area contributed by atoms with Crippen molar-refractivity contribution in [3.63, 3.8) is 0 Å². The van der Waals surface area contributed by atoms with Crippen LogP contribution >= 0.6 is 22.6 Å². The van der Waals surface area contributed by atoms with Crippen molar-refractivity contribution in [2.24, 2.45) is 0 Å². The third-order valence-corrected chi connectivity index (χ3v) is 4.50. The molecule has 0 spiro atoms. The summed E-state index contributed by atoms with van der Waals surface area (Å²) in [6.45, 7) is 10.6. The van der Waals surface area contributed by atoms with Crippen LogP contribution in [0, 0.1) is 0 Å². The summed E-state index contributed by atoms with van der Waals surface area (Å²) < 4.78 is 10.2. The van der Waals surface area contributed by atoms with Crippen LogP contribution in [0.15, 0.2) is 0 Å². The Morgan fingerprint density at radius 3 is 2.08 bits per heavy atom. The number of amides is 2. The largest absolute Gasteiger partial charge is 0.444 e. The Morgan fingerprint density at radius 1 is 1.08 bits per heavy atom. The van der Waals surface area contributed by atoms with Crippen molar-refractivity contribution in [3.05, 3.63) is 0 Å². The van der Waals surface area contributed by atoms with Crippen molar-refractivity contribution < 1.29 is 29.3 Å². The van der Waals surface area contributed by atoms with Gasteiger partial charge in [0.25, 0.3) is 0 Å². The Labute approximate surface area is 162 Å². The summed E-state index contributed by atoms with van der Waals surface area (Å²) in [7, 11) is 0. The van der Waals surface area contributed by atoms with E-state index in [0.717, 1.165) is 0 Å². The Kier molecular flexibility index (Phi) is 7.34. The predicted octanol–water partition coefficient (Wildman–Crippen LogP) is 1.66. The van der Waals surface area contributed by atoms with Crippen molar-refractivity contribution in [2.75, 3.05) is 13.1 Å². The van der Waals surface area contributed by atoms with Crippen LogP contribution in [0.1, 0.15) is 41.5 Å². The van der Waals surface area contributed by atoms with Gasteiger partial charge in [-0.2, -0.15) is 0 Å². The topological polar surface area (TPSA) is 108 Å². The van der Waals surface area contributed by atoms with Crippen molar-refractivity contribution in [1.82, 2.24) is 10.2 Å². The number of carbonyl (C=O) groups excluding carboxylic acids is 2. The molecule has 1 heterocycles. The van der Waals surface area contributed by atoms with Gasteiger partial charge in [-0.1, -0.05) is 22.6 Å². The zero-order valence-corrected chi connectivity index (χ0v) is 17.7. The number of piperidine rings is 1. The summed E-state index contributed by atoms with van der Waals surface area (Å²) in [5.41, 5.74) is -1.35. The number of alkyl carbamates (subject to hydrolysis) is 1. The highest BCUT2D eigenvalue weighted by molar-refractivity contribution is 14.1. The number of aliphatic hydroxyl groups is 2. The number of aliphatic hydroxyl groups excluding tert-OH is 2. The zero-order chi connectivity index (χ0) is 19.6. The second-order valence-corrected chi connectivity index (χ2v) is 9.68. The number of hydrogen-bond acceptors (Lipinski definition) is 6. The minimum atomic E-state index is -1.21. The first-order valence-electron chi connectivity index (χ1n) is 8.18. The van der Waals surface area contributed by atoms with Gasteiger partial charge in [0.2, 0.25) is 0 Å². The molecule has 0 aliphatic carbocycles. The molecule has 3 N–H and O–H groups in total. The molecule has 0 aromatic heterocycles. The fourth-order valence-corrected chi connectivity index (χ4v) is 3.17. The lowest BCUT2D eigenvalue weighted by atomic mass is 9.96. The molecule has 25 heavy (non-hydrogen) atoms. The van der Waals surface area contributed by atoms with E-state index in [-0.39, 0.29) is 17.0 Å². The van der Waals surface area contributed by atoms with Crippen molar-refractivity contribution in [1.29, 1.82) is 0 Å². The lowest BCUT2D eigenvalue weighted by molar-refractivity contribution is -0.0726. The first-order valence-corrected chi connectivity index (χ1v) is 9.42. The molecule has 1 aliphatic heterocycles. The number of hydrogen-bond donors (Lipinski definition) is 3. The monoisotopic (exact) mass is 472 g/mol. The van der Waals surface area contributed by atoms with Crippen molar-refractivity contribution >= 4 is 34.8 Å². The molecule has 1 fully saturated rings. The van der Waals surface area contributed by atoms with Gasteiger partial charge in [-0.25, -0.2) is 9.59 Å². The normalized spacial score (nSPS) is 27.6. The average Bonchev–Trinajstić information content (AvgIpc) is 2.39. The lowest BCUT2D eigenvalue weighted by Gasteiger charge is -2.44. The van der Waals surface area contributed by atoms with Crippen LogP contribution in [0.2, 0.25) is 0 Å². The van der Waals surface area contributed by atoms with Gasteiger partial charge < -0.3 is 25.0 Å². The highest BCUT2D eigenvalue weighted by atomic mass is 127. The number of halogens is 1. The molecular weight excluding hydrogens is 443 g/mol. The van der Waals surface area contributed by atoms with Gasteiger partial charge in [0.1, 0.15) is 17.3 Å². The predicted molar refractivity (Wildman–Crippen MR) is 101 cm³/mol. The molecular formula is C16H29IN2O6. The Bertz CT molecular complexity index is 488. The van der Waals surface area contributed by atoms with Gasteiger partial charge in [0, 0.05) is 13.1 Å². The van der Waals surface area contributed by atoms with Gasteiger partial charge in [-0.3, -0.25) is 4.90 Å². The molecule has 4 atom stereocenters. The fourth-order valence-electron chi connectivity index (χ4n) is 2.32. The third kappa shape index (κ3) is 7.14. The molecule has 0 radical (unpaired) electrons. The van der Waals surface area contributed by atoms with Gasteiger partial charge in [-0.15, -0.1) is 0 Å². The second-order valence-electron chi connectivity index (χ2n) is 8.08. The number of alkyl halides is 1. The van der Waals surface area contributed by atoms with E-state index in [9.17, 15) is 19.8 Å². The molecule has 0 saturated carbocycles. The van der Waals surface area contributed by atoms with Crippen LogP contribution in [0.4, 0.5) is 9.59 Å². The van der Waals surface area contributed by atoms with Crippen LogP contribution in [-0.4, -0.2) is 73.8 Å². The van der Waals surface area contributed by atoms with Crippen molar-refractivity contribution in [3.8, 4) is 0 Å². The number of nitrogens with zero attached hydrogens (tertiary/aromatic N) is 1. The SMILES string of the molecule is CC(C)(C)OC(=O)NC[C@@H]1[C@@H](O)[C@H](O)[C@H](I)CN1C(=O)OC(C)(C)C. The molecule has 0 bridgehead atoms. The Morgan fingerprint density at radius 2 is 1.60 bits per heavy atom. The molecule has 146 valence electrons. The quantitative estimate of drug-likeness (QED) is 0.417. The van der Waals surface area contributed by atoms with E-state index in [4.69, 9.17) is 9.47 Å². The van der Waals surface area contributed by atoms with E-state index >= 15 is 0 Å². The van der Waals surface area contributed by atoms with E-state index in [1.807, 2.05) is 22.6 Å². The number of rotatable bonds is 2. The van der Waals surface area contributed by atoms with Gasteiger partial charge in [0.05, 0.1) is 16.1 Å². The van der Waals surface area contributed by atoms with Crippen LogP contribution in [0.3, 0.4) is 0 Å². The minimum Gasteiger partial charge on any atom is -0.444 e. The zero-order valence-electron chi connectivity index (χ0n) is 15.6. The highest BCUT2D eigenvalue weighted by Gasteiger charge is 2.44. The summed E-state index contributed by atoms with van der Waals surface area (Å²) in [5.74, 6) is 0. The summed E-state index contributed by atoms with van der Waals surface area (Å²) in [4.78, 5) is 25.6. The van der Waals surface area contributed by atoms with E-state index in [2.05, 4.69) is 5.32 Å². The molecule has 1 rings (SSSR count). The molecule has 1 saturated heterocycles. The standard InChI is InChI=1S/C16H29IN2O6/c1-15(2,3)24-13(22)18-7-10-12(21)11(20)9(17)8-19(10)14(23)25-16(4,5)6/h9-12,20-21H,7-8H2,1-6H3,(H,18,22)/t9-,10-,11-,12-/m1/s1. The summed E-state index contributed by atoms with van der Waals surface area (Å²) in [6, 6.07) is -0.816. The molecule has 0 unspecified atom stereocenters. The van der Waals surface area contributed by atoms with Gasteiger partial charge in [0.15, 0.2) is 0 Å². The Balaban J connectivity index is 2.84. The first-order chi connectivity index (χ1) is 11.2. The molecule has 0 aromatic rings. The molecule has 1 aliphatic rings. The van der Waals surface area contributed by atoms with Crippen molar-refractivity contribution in [2.45, 2.75) is 74.9 Å². The van der Waals surface area contributed by atoms with Crippen LogP contribution in [-0.2, 0) is 9.47 Å². The highest BCUT2D eigenvalue weighted by Crippen LogP contribution is 2.25. The lowest BCUT2D eigenvalue weighted by Crippen LogP contribution is -2.64. The maximum absolute atomic E-state index is 12.5. The summed E-state index contributed by atoms with van der Waals surface area (Å²) in [6.07, 6.45) is -3.48. The molecule has 0 aromatic carbocycles. The van der Waals surface area contributed by atoms with Crippen LogP contribution in [0.5, 0.6) is 0 Å². The number of carbonyl (C=O) groups is 2. The molecule has 9 heteroatoms. The maximum atomic E-state index is 12.5. The third-order valence-electron chi connectivity index (χ3n) is 3.37. The Hall–Kier alpha value is -0.810. The summed E-state index contributed by atoms with van der Waals surface area (Å²) >= 11 is 1.98. The average molecular weight is 472 g/mol.